The molecule has 0 aliphatic carbocycles. The van der Waals surface area contributed by atoms with Crippen LogP contribution in [0.2, 0.25) is 0 Å². The van der Waals surface area contributed by atoms with Crippen LogP contribution in [0.15, 0.2) is 224 Å². The van der Waals surface area contributed by atoms with Gasteiger partial charge in [-0.3, -0.25) is 0 Å². The van der Waals surface area contributed by atoms with Crippen LogP contribution in [0.4, 0.5) is 0 Å². The van der Waals surface area contributed by atoms with Crippen LogP contribution in [0.3, 0.4) is 0 Å². The highest BCUT2D eigenvalue weighted by Crippen LogP contribution is 2.42. The van der Waals surface area contributed by atoms with E-state index in [1.165, 1.54) is 0 Å². The lowest BCUT2D eigenvalue weighted by Gasteiger charge is -2.17. The number of fused-ring (bicyclic) bond motifs is 5. The Balaban J connectivity index is 1.01. The molecule has 0 aliphatic rings. The molecule has 0 saturated heterocycles. The van der Waals surface area contributed by atoms with Crippen LogP contribution < -0.4 is 0 Å². The Kier molecular flexibility index (Phi) is 9.69. The highest BCUT2D eigenvalue weighted by molar-refractivity contribution is 6.25. The first-order chi connectivity index (χ1) is 32.7. The Morgan fingerprint density at radius 1 is 0.212 bits per heavy atom. The van der Waals surface area contributed by atoms with Gasteiger partial charge in [0.1, 0.15) is 0 Å². The van der Waals surface area contributed by atoms with Gasteiger partial charge in [-0.1, -0.05) is 206 Å². The molecule has 0 spiro atoms. The Hall–Kier alpha value is -9.07. The molecule has 0 atom stereocenters. The largest absolute Gasteiger partial charge is 0.247 e. The highest BCUT2D eigenvalue weighted by Gasteiger charge is 2.19. The van der Waals surface area contributed by atoms with Gasteiger partial charge in [-0.25, -0.2) is 34.9 Å². The molecule has 3 aromatic heterocycles. The molecule has 7 heteroatoms. The molecule has 0 amide bonds. The molecule has 12 rings (SSSR count). The first-order valence-corrected chi connectivity index (χ1v) is 21.9. The monoisotopic (exact) mass is 843 g/mol. The van der Waals surface area contributed by atoms with Crippen molar-refractivity contribution in [3.63, 3.8) is 0 Å². The maximum absolute atomic E-state index is 5.40. The molecule has 0 fully saturated rings. The summed E-state index contributed by atoms with van der Waals surface area (Å²) in [6, 6.07) is 76.6. The van der Waals surface area contributed by atoms with Crippen LogP contribution >= 0.6 is 0 Å². The van der Waals surface area contributed by atoms with Crippen molar-refractivity contribution in [3.8, 4) is 90.7 Å². The van der Waals surface area contributed by atoms with Crippen LogP contribution in [-0.4, -0.2) is 34.9 Å². The average Bonchev–Trinajstić information content (AvgIpc) is 3.41. The molecule has 0 unspecified atom stereocenters. The van der Waals surface area contributed by atoms with Crippen molar-refractivity contribution in [1.29, 1.82) is 0 Å². The average molecular weight is 844 g/mol. The molecule has 0 aliphatic heterocycles. The summed E-state index contributed by atoms with van der Waals surface area (Å²) < 4.78 is 0. The maximum Gasteiger partial charge on any atom is 0.164 e. The van der Waals surface area contributed by atoms with Gasteiger partial charge < -0.3 is 0 Å². The van der Waals surface area contributed by atoms with Gasteiger partial charge in [0.25, 0.3) is 0 Å². The van der Waals surface area contributed by atoms with Crippen LogP contribution in [-0.2, 0) is 0 Å². The number of rotatable bonds is 8. The van der Waals surface area contributed by atoms with Gasteiger partial charge in [0.05, 0.1) is 11.2 Å². The Labute approximate surface area is 380 Å². The lowest BCUT2D eigenvalue weighted by molar-refractivity contribution is 1.07. The zero-order valence-electron chi connectivity index (χ0n) is 35.5. The minimum Gasteiger partial charge on any atom is -0.247 e. The number of benzene rings is 9. The molecule has 0 saturated carbocycles. The number of para-hydroxylation sites is 1. The molecule has 12 aromatic rings. The molecule has 7 nitrogen and oxygen atoms in total. The first kappa shape index (κ1) is 38.6. The van der Waals surface area contributed by atoms with Gasteiger partial charge in [0.2, 0.25) is 0 Å². The Morgan fingerprint density at radius 2 is 0.576 bits per heavy atom. The quantitative estimate of drug-likeness (QED) is 0.141. The number of hydrogen-bond acceptors (Lipinski definition) is 7. The molecule has 9 aromatic carbocycles. The summed E-state index contributed by atoms with van der Waals surface area (Å²) in [7, 11) is 0. The third-order valence-electron chi connectivity index (χ3n) is 12.0. The molecule has 0 N–H and O–H groups in total. The van der Waals surface area contributed by atoms with Crippen molar-refractivity contribution in [1.82, 2.24) is 34.9 Å². The second-order valence-electron chi connectivity index (χ2n) is 16.1. The third kappa shape index (κ3) is 7.20. The molecule has 0 bridgehead atoms. The molecule has 308 valence electrons. The van der Waals surface area contributed by atoms with Crippen molar-refractivity contribution in [2.24, 2.45) is 0 Å². The maximum atomic E-state index is 5.40. The summed E-state index contributed by atoms with van der Waals surface area (Å²) >= 11 is 0. The number of hydrogen-bond donors (Lipinski definition) is 0. The normalized spacial score (nSPS) is 11.3. The SMILES string of the molecule is c1ccc(-c2nc(-c3ccccc3)nc(-c3ccc(-c4nc5ccccc5c5c4cc(-c4cccc(-c6nc(-c7ccccc7)nc(-c7ccccc7)n6)c4)c4ccccc45)cc3)n2)cc1. The summed E-state index contributed by atoms with van der Waals surface area (Å²) in [5.41, 5.74) is 10.4. The molecule has 3 heterocycles. The van der Waals surface area contributed by atoms with E-state index in [0.717, 1.165) is 88.2 Å². The van der Waals surface area contributed by atoms with Gasteiger partial charge in [0, 0.05) is 55.1 Å². The smallest absolute Gasteiger partial charge is 0.164 e. The summed E-state index contributed by atoms with van der Waals surface area (Å²) in [6.07, 6.45) is 0. The van der Waals surface area contributed by atoms with E-state index in [0.29, 0.717) is 34.9 Å². The number of pyridine rings is 1. The third-order valence-corrected chi connectivity index (χ3v) is 12.0. The Bertz CT molecular complexity index is 3620. The summed E-state index contributed by atoms with van der Waals surface area (Å²) in [5.74, 6) is 3.70. The summed E-state index contributed by atoms with van der Waals surface area (Å²) in [4.78, 5) is 35.3. The molecule has 66 heavy (non-hydrogen) atoms. The van der Waals surface area contributed by atoms with E-state index in [2.05, 4.69) is 103 Å². The van der Waals surface area contributed by atoms with Crippen LogP contribution in [0.25, 0.3) is 123 Å². The fraction of sp³-hybridized carbons (Fsp3) is 0. The van der Waals surface area contributed by atoms with E-state index in [4.69, 9.17) is 34.9 Å². The number of nitrogens with zero attached hydrogens (tertiary/aromatic N) is 7. The fourth-order valence-corrected chi connectivity index (χ4v) is 8.75. The standard InChI is InChI=1S/C59H37N7/c1-5-18-39(19-6-1)54-61-55(40-20-7-2-8-21-40)64-58(63-54)43-34-32-38(33-35-43)53-50-37-49(46-28-13-14-29-47(46)52(50)48-30-15-16-31-51(48)60-53)44-26-17-27-45(36-44)59-65-56(41-22-9-3-10-23-41)62-57(66-59)42-24-11-4-12-25-42/h1-37H. The van der Waals surface area contributed by atoms with Crippen LogP contribution in [0.5, 0.6) is 0 Å². The van der Waals surface area contributed by atoms with Crippen molar-refractivity contribution in [2.75, 3.05) is 0 Å². The van der Waals surface area contributed by atoms with Gasteiger partial charge in [-0.2, -0.15) is 0 Å². The first-order valence-electron chi connectivity index (χ1n) is 21.9. The second-order valence-corrected chi connectivity index (χ2v) is 16.1. The van der Waals surface area contributed by atoms with Gasteiger partial charge >= 0.3 is 0 Å². The lowest BCUT2D eigenvalue weighted by Crippen LogP contribution is -2.00. The fourth-order valence-electron chi connectivity index (χ4n) is 8.75. The lowest BCUT2D eigenvalue weighted by atomic mass is 9.89. The minimum atomic E-state index is 0.601. The zero-order valence-corrected chi connectivity index (χ0v) is 35.5. The van der Waals surface area contributed by atoms with E-state index in [-0.39, 0.29) is 0 Å². The van der Waals surface area contributed by atoms with E-state index in [1.54, 1.807) is 0 Å². The predicted molar refractivity (Wildman–Crippen MR) is 267 cm³/mol. The van der Waals surface area contributed by atoms with Crippen molar-refractivity contribution in [2.45, 2.75) is 0 Å². The highest BCUT2D eigenvalue weighted by atomic mass is 15.0. The zero-order chi connectivity index (χ0) is 43.8. The van der Waals surface area contributed by atoms with Gasteiger partial charge in [0.15, 0.2) is 34.9 Å². The molecular formula is C59H37N7. The van der Waals surface area contributed by atoms with E-state index in [9.17, 15) is 0 Å². The van der Waals surface area contributed by atoms with Crippen LogP contribution in [0.1, 0.15) is 0 Å². The summed E-state index contributed by atoms with van der Waals surface area (Å²) in [5, 5.41) is 5.60. The van der Waals surface area contributed by atoms with E-state index >= 15 is 0 Å². The van der Waals surface area contributed by atoms with Crippen molar-refractivity contribution in [3.05, 3.63) is 224 Å². The van der Waals surface area contributed by atoms with Crippen molar-refractivity contribution < 1.29 is 0 Å². The van der Waals surface area contributed by atoms with Gasteiger partial charge in [-0.15, -0.1) is 0 Å². The minimum absolute atomic E-state index is 0.601. The van der Waals surface area contributed by atoms with Gasteiger partial charge in [-0.05, 0) is 40.1 Å². The molecular weight excluding hydrogens is 807 g/mol. The van der Waals surface area contributed by atoms with E-state index in [1.807, 2.05) is 121 Å². The van der Waals surface area contributed by atoms with E-state index < -0.39 is 0 Å². The predicted octanol–water partition coefficient (Wildman–Crippen LogP) is 14.2. The van der Waals surface area contributed by atoms with Crippen molar-refractivity contribution >= 4 is 32.4 Å². The van der Waals surface area contributed by atoms with Crippen LogP contribution in [0, 0.1) is 0 Å². The number of aromatic nitrogens is 7. The molecule has 0 radical (unpaired) electrons. The Morgan fingerprint density at radius 3 is 1.08 bits per heavy atom. The topological polar surface area (TPSA) is 90.2 Å². The second kappa shape index (κ2) is 16.6. The summed E-state index contributed by atoms with van der Waals surface area (Å²) in [6.45, 7) is 0.